The van der Waals surface area contributed by atoms with Crippen LogP contribution < -0.4 is 5.32 Å². The Balaban J connectivity index is 2.09. The summed E-state index contributed by atoms with van der Waals surface area (Å²) in [6.45, 7) is 8.79. The molecule has 1 aliphatic heterocycles. The number of benzene rings is 1. The number of carbonyl (C=O) groups is 1. The highest BCUT2D eigenvalue weighted by Crippen LogP contribution is 2.17. The van der Waals surface area contributed by atoms with Crippen molar-refractivity contribution in [2.24, 2.45) is 5.92 Å². The standard InChI is InChI=1S/C16H24N2O/c1-12(2)18(16(19)15-7-8-17-10-15)11-14-6-4-5-13(3)9-14/h4-6,9,12,15,17H,7-8,10-11H2,1-3H3. The van der Waals surface area contributed by atoms with Crippen LogP contribution in [0.4, 0.5) is 0 Å². The maximum Gasteiger partial charge on any atom is 0.227 e. The van der Waals surface area contributed by atoms with Crippen molar-refractivity contribution < 1.29 is 4.79 Å². The maximum absolute atomic E-state index is 12.6. The quantitative estimate of drug-likeness (QED) is 0.901. The first-order valence-electron chi connectivity index (χ1n) is 7.14. The summed E-state index contributed by atoms with van der Waals surface area (Å²) in [7, 11) is 0. The minimum Gasteiger partial charge on any atom is -0.336 e. The van der Waals surface area contributed by atoms with E-state index in [1.807, 2.05) is 4.90 Å². The van der Waals surface area contributed by atoms with Crippen molar-refractivity contribution in [3.05, 3.63) is 35.4 Å². The molecule has 1 amide bonds. The molecule has 1 unspecified atom stereocenters. The van der Waals surface area contributed by atoms with Crippen LogP contribution in [-0.2, 0) is 11.3 Å². The topological polar surface area (TPSA) is 32.3 Å². The summed E-state index contributed by atoms with van der Waals surface area (Å²) < 4.78 is 0. The third kappa shape index (κ3) is 3.57. The van der Waals surface area contributed by atoms with Crippen LogP contribution in [0, 0.1) is 12.8 Å². The molecule has 19 heavy (non-hydrogen) atoms. The van der Waals surface area contributed by atoms with Crippen LogP contribution in [0.15, 0.2) is 24.3 Å². The number of amides is 1. The molecule has 1 atom stereocenters. The Morgan fingerprint density at radius 2 is 2.26 bits per heavy atom. The molecule has 0 bridgehead atoms. The number of hydrogen-bond donors (Lipinski definition) is 1. The first-order valence-corrected chi connectivity index (χ1v) is 7.14. The molecule has 1 fully saturated rings. The molecule has 1 heterocycles. The lowest BCUT2D eigenvalue weighted by Gasteiger charge is -2.29. The lowest BCUT2D eigenvalue weighted by molar-refractivity contribution is -0.137. The van der Waals surface area contributed by atoms with E-state index in [4.69, 9.17) is 0 Å². The Kier molecular flexibility index (Phi) is 4.59. The predicted octanol–water partition coefficient (Wildman–Crippen LogP) is 2.34. The molecule has 1 aromatic carbocycles. The molecule has 1 saturated heterocycles. The van der Waals surface area contributed by atoms with Crippen molar-refractivity contribution in [2.45, 2.75) is 39.8 Å². The average molecular weight is 260 g/mol. The number of aryl methyl sites for hydroxylation is 1. The third-order valence-corrected chi connectivity index (χ3v) is 3.75. The fraction of sp³-hybridized carbons (Fsp3) is 0.562. The normalized spacial score (nSPS) is 18.8. The van der Waals surface area contributed by atoms with Crippen LogP contribution in [-0.4, -0.2) is 29.9 Å². The molecule has 0 aromatic heterocycles. The molecule has 0 saturated carbocycles. The molecular formula is C16H24N2O. The van der Waals surface area contributed by atoms with E-state index in [1.54, 1.807) is 0 Å². The summed E-state index contributed by atoms with van der Waals surface area (Å²) in [6, 6.07) is 8.66. The molecule has 104 valence electrons. The number of nitrogens with one attached hydrogen (secondary N) is 1. The number of carbonyl (C=O) groups excluding carboxylic acids is 1. The SMILES string of the molecule is Cc1cccc(CN(C(=O)C2CCNC2)C(C)C)c1. The van der Waals surface area contributed by atoms with Crippen molar-refractivity contribution in [1.29, 1.82) is 0 Å². The molecule has 2 rings (SSSR count). The van der Waals surface area contributed by atoms with E-state index in [2.05, 4.69) is 50.4 Å². The smallest absolute Gasteiger partial charge is 0.227 e. The molecule has 1 aromatic rings. The van der Waals surface area contributed by atoms with Gasteiger partial charge in [-0.2, -0.15) is 0 Å². The van der Waals surface area contributed by atoms with Crippen LogP contribution in [0.1, 0.15) is 31.4 Å². The first-order chi connectivity index (χ1) is 9.08. The minimum atomic E-state index is 0.159. The zero-order valence-electron chi connectivity index (χ0n) is 12.1. The molecule has 1 N–H and O–H groups in total. The highest BCUT2D eigenvalue weighted by molar-refractivity contribution is 5.79. The van der Waals surface area contributed by atoms with Gasteiger partial charge >= 0.3 is 0 Å². The molecule has 3 nitrogen and oxygen atoms in total. The Morgan fingerprint density at radius 1 is 1.47 bits per heavy atom. The van der Waals surface area contributed by atoms with E-state index in [0.717, 1.165) is 19.5 Å². The summed E-state index contributed by atoms with van der Waals surface area (Å²) in [6.07, 6.45) is 0.968. The Hall–Kier alpha value is -1.35. The molecule has 0 radical (unpaired) electrons. The van der Waals surface area contributed by atoms with Crippen LogP contribution in [0.2, 0.25) is 0 Å². The molecule has 3 heteroatoms. The zero-order valence-corrected chi connectivity index (χ0v) is 12.1. The highest BCUT2D eigenvalue weighted by Gasteiger charge is 2.28. The van der Waals surface area contributed by atoms with E-state index in [9.17, 15) is 4.79 Å². The van der Waals surface area contributed by atoms with Crippen LogP contribution in [0.25, 0.3) is 0 Å². The van der Waals surface area contributed by atoms with Crippen molar-refractivity contribution in [3.63, 3.8) is 0 Å². The monoisotopic (exact) mass is 260 g/mol. The van der Waals surface area contributed by atoms with Gasteiger partial charge in [-0.3, -0.25) is 4.79 Å². The van der Waals surface area contributed by atoms with Gasteiger partial charge in [0.15, 0.2) is 0 Å². The van der Waals surface area contributed by atoms with E-state index >= 15 is 0 Å². The van der Waals surface area contributed by atoms with Gasteiger partial charge < -0.3 is 10.2 Å². The largest absolute Gasteiger partial charge is 0.336 e. The molecular weight excluding hydrogens is 236 g/mol. The van der Waals surface area contributed by atoms with E-state index in [1.165, 1.54) is 11.1 Å². The van der Waals surface area contributed by atoms with E-state index in [-0.39, 0.29) is 12.0 Å². The lowest BCUT2D eigenvalue weighted by atomic mass is 10.0. The van der Waals surface area contributed by atoms with Gasteiger partial charge in [0.05, 0.1) is 5.92 Å². The van der Waals surface area contributed by atoms with E-state index < -0.39 is 0 Å². The fourth-order valence-electron chi connectivity index (χ4n) is 2.62. The second-order valence-electron chi connectivity index (χ2n) is 5.74. The van der Waals surface area contributed by atoms with Crippen LogP contribution in [0.5, 0.6) is 0 Å². The van der Waals surface area contributed by atoms with Gasteiger partial charge in [0.1, 0.15) is 0 Å². The fourth-order valence-corrected chi connectivity index (χ4v) is 2.62. The van der Waals surface area contributed by atoms with Gasteiger partial charge in [-0.15, -0.1) is 0 Å². The van der Waals surface area contributed by atoms with Gasteiger partial charge in [0.25, 0.3) is 0 Å². The van der Waals surface area contributed by atoms with Gasteiger partial charge in [0, 0.05) is 19.1 Å². The number of nitrogens with zero attached hydrogens (tertiary/aromatic N) is 1. The predicted molar refractivity (Wildman–Crippen MR) is 77.8 cm³/mol. The highest BCUT2D eigenvalue weighted by atomic mass is 16.2. The first kappa shape index (κ1) is 14.1. The molecule has 0 aliphatic carbocycles. The van der Waals surface area contributed by atoms with Crippen molar-refractivity contribution >= 4 is 5.91 Å². The lowest BCUT2D eigenvalue weighted by Crippen LogP contribution is -2.41. The minimum absolute atomic E-state index is 0.159. The summed E-state index contributed by atoms with van der Waals surface area (Å²) in [5, 5.41) is 3.27. The third-order valence-electron chi connectivity index (χ3n) is 3.75. The van der Waals surface area contributed by atoms with Crippen LogP contribution >= 0.6 is 0 Å². The molecule has 1 aliphatic rings. The second kappa shape index (κ2) is 6.20. The zero-order chi connectivity index (χ0) is 13.8. The van der Waals surface area contributed by atoms with Gasteiger partial charge in [-0.1, -0.05) is 29.8 Å². The average Bonchev–Trinajstić information content (AvgIpc) is 2.88. The Labute approximate surface area is 116 Å². The van der Waals surface area contributed by atoms with Crippen LogP contribution in [0.3, 0.4) is 0 Å². The van der Waals surface area contributed by atoms with E-state index in [0.29, 0.717) is 12.5 Å². The van der Waals surface area contributed by atoms with Gasteiger partial charge in [-0.05, 0) is 39.3 Å². The van der Waals surface area contributed by atoms with Crippen molar-refractivity contribution in [2.75, 3.05) is 13.1 Å². The summed E-state index contributed by atoms with van der Waals surface area (Å²) in [4.78, 5) is 14.6. The Morgan fingerprint density at radius 3 is 2.84 bits per heavy atom. The summed E-state index contributed by atoms with van der Waals surface area (Å²) >= 11 is 0. The van der Waals surface area contributed by atoms with Gasteiger partial charge in [0.2, 0.25) is 5.91 Å². The number of rotatable bonds is 4. The Bertz CT molecular complexity index is 436. The van der Waals surface area contributed by atoms with Gasteiger partial charge in [-0.25, -0.2) is 0 Å². The summed E-state index contributed by atoms with van der Waals surface area (Å²) in [5.41, 5.74) is 2.46. The molecule has 0 spiro atoms. The van der Waals surface area contributed by atoms with Crippen molar-refractivity contribution in [1.82, 2.24) is 10.2 Å². The maximum atomic E-state index is 12.6. The summed E-state index contributed by atoms with van der Waals surface area (Å²) in [5.74, 6) is 0.453. The number of hydrogen-bond acceptors (Lipinski definition) is 2. The van der Waals surface area contributed by atoms with Crippen molar-refractivity contribution in [3.8, 4) is 0 Å². The second-order valence-corrected chi connectivity index (χ2v) is 5.74.